The van der Waals surface area contributed by atoms with Crippen LogP contribution in [0, 0.1) is 10.1 Å². The molecule has 1 aliphatic heterocycles. The van der Waals surface area contributed by atoms with Gasteiger partial charge < -0.3 is 10.1 Å². The van der Waals surface area contributed by atoms with Gasteiger partial charge in [-0.2, -0.15) is 0 Å². The van der Waals surface area contributed by atoms with Gasteiger partial charge in [0, 0.05) is 30.9 Å². The predicted molar refractivity (Wildman–Crippen MR) is 78.2 cm³/mol. The summed E-state index contributed by atoms with van der Waals surface area (Å²) >= 11 is 0. The topological polar surface area (TPSA) is 84.7 Å². The molecule has 1 heterocycles. The van der Waals surface area contributed by atoms with E-state index >= 15 is 0 Å². The van der Waals surface area contributed by atoms with E-state index in [1.165, 1.54) is 24.3 Å². The number of carbonyl (C=O) groups excluding carboxylic acids is 1. The third-order valence-corrected chi connectivity index (χ3v) is 3.55. The molecule has 114 valence electrons. The molecule has 21 heavy (non-hydrogen) atoms. The highest BCUT2D eigenvalue weighted by molar-refractivity contribution is 5.94. The summed E-state index contributed by atoms with van der Waals surface area (Å²) in [6, 6.07) is 5.54. The van der Waals surface area contributed by atoms with Gasteiger partial charge >= 0.3 is 0 Å². The minimum Gasteiger partial charge on any atom is -0.376 e. The van der Waals surface area contributed by atoms with Crippen molar-refractivity contribution in [1.29, 1.82) is 0 Å². The van der Waals surface area contributed by atoms with Crippen LogP contribution in [0.15, 0.2) is 24.3 Å². The summed E-state index contributed by atoms with van der Waals surface area (Å²) < 4.78 is 5.45. The second-order valence-electron chi connectivity index (χ2n) is 5.15. The van der Waals surface area contributed by atoms with E-state index in [1.807, 2.05) is 13.8 Å². The average molecular weight is 293 g/mol. The second kappa shape index (κ2) is 6.64. The van der Waals surface area contributed by atoms with Crippen LogP contribution in [0.3, 0.4) is 0 Å². The minimum atomic E-state index is -0.469. The van der Waals surface area contributed by atoms with Crippen molar-refractivity contribution in [2.75, 3.05) is 25.0 Å². The van der Waals surface area contributed by atoms with E-state index in [9.17, 15) is 14.9 Å². The number of ether oxygens (including phenoxy) is 1. The van der Waals surface area contributed by atoms with Gasteiger partial charge in [-0.15, -0.1) is 0 Å². The molecule has 1 aliphatic rings. The smallest absolute Gasteiger partial charge is 0.269 e. The Morgan fingerprint density at radius 3 is 2.71 bits per heavy atom. The molecule has 0 saturated carbocycles. The highest BCUT2D eigenvalue weighted by Crippen LogP contribution is 2.16. The fourth-order valence-electron chi connectivity index (χ4n) is 2.28. The van der Waals surface area contributed by atoms with Crippen LogP contribution in [-0.2, 0) is 9.53 Å². The maximum Gasteiger partial charge on any atom is 0.269 e. The molecule has 1 aromatic carbocycles. The van der Waals surface area contributed by atoms with Gasteiger partial charge in [0.15, 0.2) is 0 Å². The van der Waals surface area contributed by atoms with E-state index < -0.39 is 4.92 Å². The zero-order chi connectivity index (χ0) is 15.4. The fraction of sp³-hybridized carbons (Fsp3) is 0.500. The van der Waals surface area contributed by atoms with Gasteiger partial charge in [0.25, 0.3) is 5.69 Å². The van der Waals surface area contributed by atoms with Crippen LogP contribution in [-0.4, -0.2) is 47.6 Å². The third-order valence-electron chi connectivity index (χ3n) is 3.55. The number of nitro groups is 1. The van der Waals surface area contributed by atoms with Crippen LogP contribution in [0.4, 0.5) is 11.4 Å². The number of hydrogen-bond acceptors (Lipinski definition) is 5. The number of non-ortho nitro benzene ring substituents is 1. The van der Waals surface area contributed by atoms with Crippen LogP contribution in [0.2, 0.25) is 0 Å². The molecule has 0 unspecified atom stereocenters. The molecule has 1 saturated heterocycles. The number of nitrogens with one attached hydrogen (secondary N) is 1. The van der Waals surface area contributed by atoms with Gasteiger partial charge in [-0.25, -0.2) is 0 Å². The average Bonchev–Trinajstić information content (AvgIpc) is 2.47. The maximum atomic E-state index is 12.2. The van der Waals surface area contributed by atoms with Gasteiger partial charge in [0.2, 0.25) is 5.91 Å². The number of anilines is 1. The van der Waals surface area contributed by atoms with Gasteiger partial charge in [-0.05, 0) is 26.0 Å². The van der Waals surface area contributed by atoms with Crippen molar-refractivity contribution in [3.05, 3.63) is 34.4 Å². The van der Waals surface area contributed by atoms with Gasteiger partial charge in [0.1, 0.15) is 0 Å². The first kappa shape index (κ1) is 15.4. The molecule has 7 nitrogen and oxygen atoms in total. The monoisotopic (exact) mass is 293 g/mol. The zero-order valence-corrected chi connectivity index (χ0v) is 12.1. The SMILES string of the molecule is C[C@@H]1CN([C@H](C)C(=O)Nc2ccc([N+](=O)[O-])cc2)CCO1. The van der Waals surface area contributed by atoms with E-state index in [0.717, 1.165) is 13.1 Å². The lowest BCUT2D eigenvalue weighted by Gasteiger charge is -2.34. The number of hydrogen-bond donors (Lipinski definition) is 1. The van der Waals surface area contributed by atoms with Crippen molar-refractivity contribution in [2.45, 2.75) is 26.0 Å². The molecule has 2 atom stereocenters. The molecular weight excluding hydrogens is 274 g/mol. The standard InChI is InChI=1S/C14H19N3O4/c1-10-9-16(7-8-21-10)11(2)14(18)15-12-3-5-13(6-4-12)17(19)20/h3-6,10-11H,7-9H2,1-2H3,(H,15,18)/t10-,11-/m1/s1. The van der Waals surface area contributed by atoms with Crippen molar-refractivity contribution in [3.63, 3.8) is 0 Å². The molecular formula is C14H19N3O4. The molecule has 0 aliphatic carbocycles. The van der Waals surface area contributed by atoms with Gasteiger partial charge in [-0.1, -0.05) is 0 Å². The minimum absolute atomic E-state index is 0.00283. The number of amides is 1. The Kier molecular flexibility index (Phi) is 4.87. The molecule has 7 heteroatoms. The zero-order valence-electron chi connectivity index (χ0n) is 12.1. The Morgan fingerprint density at radius 1 is 1.48 bits per heavy atom. The Bertz CT molecular complexity index is 517. The molecule has 0 spiro atoms. The Labute approximate surface area is 123 Å². The summed E-state index contributed by atoms with van der Waals surface area (Å²) in [5.74, 6) is -0.127. The summed E-state index contributed by atoms with van der Waals surface area (Å²) in [5.41, 5.74) is 0.557. The molecule has 0 bridgehead atoms. The first-order valence-electron chi connectivity index (χ1n) is 6.88. The molecule has 1 amide bonds. The van der Waals surface area contributed by atoms with Crippen LogP contribution in [0.5, 0.6) is 0 Å². The van der Waals surface area contributed by atoms with E-state index in [4.69, 9.17) is 4.74 Å². The summed E-state index contributed by atoms with van der Waals surface area (Å²) in [6.07, 6.45) is 0.119. The summed E-state index contributed by atoms with van der Waals surface area (Å²) in [6.45, 7) is 5.89. The Balaban J connectivity index is 1.95. The normalized spacial score (nSPS) is 20.8. The number of nitrogens with zero attached hydrogens (tertiary/aromatic N) is 2. The number of rotatable bonds is 4. The third kappa shape index (κ3) is 3.99. The fourth-order valence-corrected chi connectivity index (χ4v) is 2.28. The van der Waals surface area contributed by atoms with Crippen molar-refractivity contribution in [2.24, 2.45) is 0 Å². The summed E-state index contributed by atoms with van der Waals surface area (Å²) in [7, 11) is 0. The predicted octanol–water partition coefficient (Wildman–Crippen LogP) is 1.64. The highest BCUT2D eigenvalue weighted by Gasteiger charge is 2.26. The number of carbonyl (C=O) groups is 1. The van der Waals surface area contributed by atoms with Crippen LogP contribution in [0.25, 0.3) is 0 Å². The Hall–Kier alpha value is -1.99. The van der Waals surface area contributed by atoms with E-state index in [1.54, 1.807) is 0 Å². The lowest BCUT2D eigenvalue weighted by molar-refractivity contribution is -0.384. The lowest BCUT2D eigenvalue weighted by Crippen LogP contribution is -2.50. The molecule has 2 rings (SSSR count). The largest absolute Gasteiger partial charge is 0.376 e. The van der Waals surface area contributed by atoms with Gasteiger partial charge in [-0.3, -0.25) is 19.8 Å². The van der Waals surface area contributed by atoms with Crippen LogP contribution in [0.1, 0.15) is 13.8 Å². The highest BCUT2D eigenvalue weighted by atomic mass is 16.6. The molecule has 1 aromatic rings. The number of nitro benzene ring substituents is 1. The number of morpholine rings is 1. The first-order valence-corrected chi connectivity index (χ1v) is 6.88. The van der Waals surface area contributed by atoms with Crippen LogP contribution >= 0.6 is 0 Å². The second-order valence-corrected chi connectivity index (χ2v) is 5.15. The molecule has 1 fully saturated rings. The van der Waals surface area contributed by atoms with Crippen LogP contribution < -0.4 is 5.32 Å². The summed E-state index contributed by atoms with van der Waals surface area (Å²) in [5, 5.41) is 13.4. The first-order chi connectivity index (χ1) is 9.97. The molecule has 0 radical (unpaired) electrons. The summed E-state index contributed by atoms with van der Waals surface area (Å²) in [4.78, 5) is 24.4. The van der Waals surface area contributed by atoms with E-state index in [2.05, 4.69) is 10.2 Å². The van der Waals surface area contributed by atoms with Crippen molar-refractivity contribution in [3.8, 4) is 0 Å². The quantitative estimate of drug-likeness (QED) is 0.674. The number of benzene rings is 1. The molecule has 1 N–H and O–H groups in total. The Morgan fingerprint density at radius 2 is 2.14 bits per heavy atom. The van der Waals surface area contributed by atoms with Gasteiger partial charge in [0.05, 0.1) is 23.7 Å². The lowest BCUT2D eigenvalue weighted by atomic mass is 10.2. The van der Waals surface area contributed by atoms with Crippen molar-refractivity contribution >= 4 is 17.3 Å². The van der Waals surface area contributed by atoms with Crippen molar-refractivity contribution in [1.82, 2.24) is 4.90 Å². The molecule has 0 aromatic heterocycles. The van der Waals surface area contributed by atoms with E-state index in [-0.39, 0.29) is 23.7 Å². The van der Waals surface area contributed by atoms with E-state index in [0.29, 0.717) is 12.3 Å². The van der Waals surface area contributed by atoms with Crippen molar-refractivity contribution < 1.29 is 14.5 Å². The maximum absolute atomic E-state index is 12.2.